The number of anilines is 1. The first-order valence-corrected chi connectivity index (χ1v) is 9.88. The van der Waals surface area contributed by atoms with Crippen molar-refractivity contribution in [2.24, 2.45) is 0 Å². The molecule has 3 aromatic rings. The molecule has 2 atom stereocenters. The SMILES string of the molecule is C=C[C@H]1c2ccccc2N(C(=O)c2ccc(Br)cc2)[C@@H]1c1ccc(OC)cc1. The second-order valence-corrected chi connectivity index (χ2v) is 7.64. The normalized spacial score (nSPS) is 17.9. The highest BCUT2D eigenvalue weighted by molar-refractivity contribution is 9.10. The summed E-state index contributed by atoms with van der Waals surface area (Å²) < 4.78 is 6.24. The number of hydrogen-bond acceptors (Lipinski definition) is 2. The Hall–Kier alpha value is -2.85. The molecule has 0 aromatic heterocycles. The number of fused-ring (bicyclic) bond motifs is 1. The van der Waals surface area contributed by atoms with E-state index in [1.807, 2.05) is 77.7 Å². The number of nitrogens with zero attached hydrogens (tertiary/aromatic N) is 1. The van der Waals surface area contributed by atoms with Gasteiger partial charge in [-0.15, -0.1) is 6.58 Å². The third-order valence-corrected chi connectivity index (χ3v) is 5.72. The molecular formula is C24H20BrNO2. The van der Waals surface area contributed by atoms with Crippen LogP contribution in [0, 0.1) is 0 Å². The minimum Gasteiger partial charge on any atom is -0.497 e. The van der Waals surface area contributed by atoms with Gasteiger partial charge in [-0.2, -0.15) is 0 Å². The Morgan fingerprint density at radius 2 is 1.71 bits per heavy atom. The Morgan fingerprint density at radius 3 is 2.36 bits per heavy atom. The van der Waals surface area contributed by atoms with E-state index >= 15 is 0 Å². The van der Waals surface area contributed by atoms with Crippen LogP contribution in [-0.2, 0) is 0 Å². The zero-order valence-electron chi connectivity index (χ0n) is 15.5. The van der Waals surface area contributed by atoms with E-state index in [9.17, 15) is 4.79 Å². The zero-order chi connectivity index (χ0) is 19.7. The van der Waals surface area contributed by atoms with Crippen LogP contribution >= 0.6 is 15.9 Å². The molecule has 1 amide bonds. The van der Waals surface area contributed by atoms with Crippen LogP contribution < -0.4 is 9.64 Å². The first-order valence-electron chi connectivity index (χ1n) is 9.08. The van der Waals surface area contributed by atoms with Crippen LogP contribution in [0.15, 0.2) is 89.9 Å². The number of benzene rings is 3. The maximum atomic E-state index is 13.5. The fourth-order valence-corrected chi connectivity index (χ4v) is 4.11. The Labute approximate surface area is 173 Å². The molecule has 3 aromatic carbocycles. The lowest BCUT2D eigenvalue weighted by molar-refractivity contribution is 0.0978. The lowest BCUT2D eigenvalue weighted by Crippen LogP contribution is -2.33. The van der Waals surface area contributed by atoms with Crippen LogP contribution in [0.5, 0.6) is 5.75 Å². The summed E-state index contributed by atoms with van der Waals surface area (Å²) in [5.74, 6) is 0.786. The number of halogens is 1. The molecule has 140 valence electrons. The molecule has 1 aliphatic heterocycles. The summed E-state index contributed by atoms with van der Waals surface area (Å²) >= 11 is 3.44. The van der Waals surface area contributed by atoms with Crippen molar-refractivity contribution < 1.29 is 9.53 Å². The van der Waals surface area contributed by atoms with Crippen LogP contribution in [0.25, 0.3) is 0 Å². The number of carbonyl (C=O) groups is 1. The molecule has 0 radical (unpaired) electrons. The third kappa shape index (κ3) is 3.14. The summed E-state index contributed by atoms with van der Waals surface area (Å²) in [6.45, 7) is 4.06. The highest BCUT2D eigenvalue weighted by atomic mass is 79.9. The van der Waals surface area contributed by atoms with Crippen molar-refractivity contribution in [1.29, 1.82) is 0 Å². The van der Waals surface area contributed by atoms with E-state index in [-0.39, 0.29) is 17.9 Å². The molecule has 0 N–H and O–H groups in total. The average Bonchev–Trinajstić information content (AvgIpc) is 3.08. The van der Waals surface area contributed by atoms with Crippen LogP contribution in [0.3, 0.4) is 0 Å². The molecule has 0 saturated heterocycles. The Balaban J connectivity index is 1.84. The monoisotopic (exact) mass is 433 g/mol. The van der Waals surface area contributed by atoms with Crippen molar-refractivity contribution in [3.8, 4) is 5.75 Å². The highest BCUT2D eigenvalue weighted by Gasteiger charge is 2.41. The molecule has 0 bridgehead atoms. The fraction of sp³-hybridized carbons (Fsp3) is 0.125. The van der Waals surface area contributed by atoms with E-state index in [0.29, 0.717) is 5.56 Å². The number of carbonyl (C=O) groups excluding carboxylic acids is 1. The maximum absolute atomic E-state index is 13.5. The van der Waals surface area contributed by atoms with Gasteiger partial charge in [0.1, 0.15) is 5.75 Å². The van der Waals surface area contributed by atoms with E-state index in [2.05, 4.69) is 28.6 Å². The minimum absolute atomic E-state index is 0.0176. The fourth-order valence-electron chi connectivity index (χ4n) is 3.85. The van der Waals surface area contributed by atoms with Crippen molar-refractivity contribution >= 4 is 27.5 Å². The second-order valence-electron chi connectivity index (χ2n) is 6.72. The molecule has 4 heteroatoms. The van der Waals surface area contributed by atoms with Crippen LogP contribution in [-0.4, -0.2) is 13.0 Å². The Kier molecular flexibility index (Phi) is 5.05. The number of methoxy groups -OCH3 is 1. The smallest absolute Gasteiger partial charge is 0.258 e. The van der Waals surface area contributed by atoms with Gasteiger partial charge in [0.2, 0.25) is 0 Å². The predicted molar refractivity (Wildman–Crippen MR) is 116 cm³/mol. The predicted octanol–water partition coefficient (Wildman–Crippen LogP) is 6.13. The van der Waals surface area contributed by atoms with Crippen molar-refractivity contribution in [3.63, 3.8) is 0 Å². The van der Waals surface area contributed by atoms with Crippen molar-refractivity contribution in [1.82, 2.24) is 0 Å². The first kappa shape index (κ1) is 18.5. The van der Waals surface area contributed by atoms with Gasteiger partial charge in [0.05, 0.1) is 13.2 Å². The molecule has 3 nitrogen and oxygen atoms in total. The molecule has 4 rings (SSSR count). The van der Waals surface area contributed by atoms with E-state index in [1.165, 1.54) is 0 Å². The summed E-state index contributed by atoms with van der Waals surface area (Å²) in [4.78, 5) is 15.4. The zero-order valence-corrected chi connectivity index (χ0v) is 17.1. The van der Waals surface area contributed by atoms with Gasteiger partial charge < -0.3 is 4.74 Å². The van der Waals surface area contributed by atoms with Gasteiger partial charge in [0.25, 0.3) is 5.91 Å². The number of amides is 1. The standard InChI is InChI=1S/C24H20BrNO2/c1-3-20-21-6-4-5-7-22(21)26(24(27)17-8-12-18(25)13-9-17)23(20)16-10-14-19(28-2)15-11-16/h3-15,20,23H,1H2,2H3/t20-,23+/m0/s1. The Morgan fingerprint density at radius 1 is 1.04 bits per heavy atom. The molecule has 0 fully saturated rings. The molecule has 0 spiro atoms. The van der Waals surface area contributed by atoms with E-state index in [0.717, 1.165) is 27.0 Å². The van der Waals surface area contributed by atoms with E-state index < -0.39 is 0 Å². The van der Waals surface area contributed by atoms with Crippen LogP contribution in [0.2, 0.25) is 0 Å². The molecule has 28 heavy (non-hydrogen) atoms. The van der Waals surface area contributed by atoms with Crippen molar-refractivity contribution in [2.45, 2.75) is 12.0 Å². The Bertz CT molecular complexity index is 1010. The van der Waals surface area contributed by atoms with Crippen LogP contribution in [0.4, 0.5) is 5.69 Å². The lowest BCUT2D eigenvalue weighted by Gasteiger charge is -2.28. The summed E-state index contributed by atoms with van der Waals surface area (Å²) in [6, 6.07) is 23.3. The minimum atomic E-state index is -0.156. The van der Waals surface area contributed by atoms with Gasteiger partial charge in [-0.25, -0.2) is 0 Å². The van der Waals surface area contributed by atoms with Gasteiger partial charge >= 0.3 is 0 Å². The molecule has 1 heterocycles. The van der Waals surface area contributed by atoms with Gasteiger partial charge in [-0.05, 0) is 53.6 Å². The van der Waals surface area contributed by atoms with Gasteiger partial charge in [-0.1, -0.05) is 52.3 Å². The first-order chi connectivity index (χ1) is 13.6. The van der Waals surface area contributed by atoms with Crippen molar-refractivity contribution in [2.75, 3.05) is 12.0 Å². The van der Waals surface area contributed by atoms with Crippen LogP contribution in [0.1, 0.15) is 33.4 Å². The summed E-state index contributed by atoms with van der Waals surface area (Å²) in [5.41, 5.74) is 3.75. The quantitative estimate of drug-likeness (QED) is 0.463. The largest absolute Gasteiger partial charge is 0.497 e. The van der Waals surface area contributed by atoms with E-state index in [4.69, 9.17) is 4.74 Å². The lowest BCUT2D eigenvalue weighted by atomic mass is 9.90. The topological polar surface area (TPSA) is 29.5 Å². The average molecular weight is 434 g/mol. The number of hydrogen-bond donors (Lipinski definition) is 0. The molecule has 0 saturated carbocycles. The number of rotatable bonds is 4. The molecule has 0 unspecified atom stereocenters. The second kappa shape index (κ2) is 7.64. The number of para-hydroxylation sites is 1. The van der Waals surface area contributed by atoms with Crippen molar-refractivity contribution in [3.05, 3.63) is 107 Å². The third-order valence-electron chi connectivity index (χ3n) is 5.19. The van der Waals surface area contributed by atoms with Gasteiger partial charge in [-0.3, -0.25) is 9.69 Å². The molecule has 0 aliphatic carbocycles. The molecule has 1 aliphatic rings. The summed E-state index contributed by atoms with van der Waals surface area (Å²) in [5, 5.41) is 0. The summed E-state index contributed by atoms with van der Waals surface area (Å²) in [7, 11) is 1.65. The maximum Gasteiger partial charge on any atom is 0.258 e. The van der Waals surface area contributed by atoms with Gasteiger partial charge in [0.15, 0.2) is 0 Å². The molecular weight excluding hydrogens is 414 g/mol. The van der Waals surface area contributed by atoms with Gasteiger partial charge in [0, 0.05) is 21.6 Å². The highest BCUT2D eigenvalue weighted by Crippen LogP contribution is 2.50. The summed E-state index contributed by atoms with van der Waals surface area (Å²) in [6.07, 6.45) is 1.93. The van der Waals surface area contributed by atoms with E-state index in [1.54, 1.807) is 7.11 Å². The number of ether oxygens (including phenoxy) is 1.